The number of ether oxygens (including phenoxy) is 2. The highest BCUT2D eigenvalue weighted by Crippen LogP contribution is 2.17. The van der Waals surface area contributed by atoms with Crippen molar-refractivity contribution >= 4 is 11.9 Å². The average molecular weight is 281 g/mol. The largest absolute Gasteiger partial charge is 0.478 e. The first-order valence-corrected chi connectivity index (χ1v) is 6.88. The molecule has 0 saturated carbocycles. The van der Waals surface area contributed by atoms with E-state index in [2.05, 4.69) is 9.97 Å². The third-order valence-corrected chi connectivity index (χ3v) is 2.60. The van der Waals surface area contributed by atoms with Gasteiger partial charge in [0, 0.05) is 17.8 Å². The lowest BCUT2D eigenvalue weighted by atomic mass is 10.3. The highest BCUT2D eigenvalue weighted by atomic mass is 16.5. The van der Waals surface area contributed by atoms with Crippen molar-refractivity contribution in [2.45, 2.75) is 40.7 Å². The van der Waals surface area contributed by atoms with E-state index in [0.29, 0.717) is 25.0 Å². The molecule has 0 atom stereocenters. The van der Waals surface area contributed by atoms with Crippen LogP contribution in [0.1, 0.15) is 33.4 Å². The van der Waals surface area contributed by atoms with Gasteiger partial charge >= 0.3 is 5.97 Å². The van der Waals surface area contributed by atoms with Crippen LogP contribution in [0, 0.1) is 6.92 Å². The van der Waals surface area contributed by atoms with Crippen molar-refractivity contribution in [1.29, 1.82) is 0 Å². The van der Waals surface area contributed by atoms with Crippen molar-refractivity contribution in [3.05, 3.63) is 11.8 Å². The second-order valence-electron chi connectivity index (χ2n) is 4.61. The summed E-state index contributed by atoms with van der Waals surface area (Å²) >= 11 is 0. The number of nitrogens with zero attached hydrogens (tertiary/aromatic N) is 3. The van der Waals surface area contributed by atoms with Crippen molar-refractivity contribution in [2.75, 3.05) is 24.7 Å². The van der Waals surface area contributed by atoms with E-state index in [1.807, 2.05) is 27.7 Å². The number of rotatable bonds is 7. The van der Waals surface area contributed by atoms with E-state index in [-0.39, 0.29) is 18.6 Å². The molecule has 1 rings (SSSR count). The first kappa shape index (κ1) is 16.2. The van der Waals surface area contributed by atoms with Crippen molar-refractivity contribution in [2.24, 2.45) is 0 Å². The molecule has 0 bridgehead atoms. The molecule has 0 fully saturated rings. The zero-order valence-electron chi connectivity index (χ0n) is 12.8. The molecule has 6 nitrogen and oxygen atoms in total. The van der Waals surface area contributed by atoms with E-state index in [1.165, 1.54) is 0 Å². The molecule has 112 valence electrons. The monoisotopic (exact) mass is 281 g/mol. The highest BCUT2D eigenvalue weighted by Gasteiger charge is 2.19. The lowest BCUT2D eigenvalue weighted by molar-refractivity contribution is -0.141. The molecule has 0 aromatic carbocycles. The average Bonchev–Trinajstić information content (AvgIpc) is 2.35. The van der Waals surface area contributed by atoms with Gasteiger partial charge in [-0.05, 0) is 34.6 Å². The van der Waals surface area contributed by atoms with Crippen molar-refractivity contribution in [1.82, 2.24) is 9.97 Å². The molecule has 0 N–H and O–H groups in total. The van der Waals surface area contributed by atoms with Gasteiger partial charge in [-0.3, -0.25) is 4.79 Å². The van der Waals surface area contributed by atoms with Gasteiger partial charge in [0.05, 0.1) is 13.2 Å². The number of esters is 1. The van der Waals surface area contributed by atoms with Crippen LogP contribution in [0.25, 0.3) is 0 Å². The molecule has 0 aliphatic rings. The smallest absolute Gasteiger partial charge is 0.325 e. The van der Waals surface area contributed by atoms with Gasteiger partial charge in [0.15, 0.2) is 0 Å². The fraction of sp³-hybridized carbons (Fsp3) is 0.643. The minimum Gasteiger partial charge on any atom is -0.478 e. The van der Waals surface area contributed by atoms with Gasteiger partial charge in [-0.2, -0.15) is 4.98 Å². The maximum absolute atomic E-state index is 11.7. The lowest BCUT2D eigenvalue weighted by Crippen LogP contribution is -2.38. The molecule has 1 heterocycles. The van der Waals surface area contributed by atoms with E-state index in [4.69, 9.17) is 9.47 Å². The van der Waals surface area contributed by atoms with Crippen LogP contribution >= 0.6 is 0 Å². The Morgan fingerprint density at radius 3 is 2.55 bits per heavy atom. The van der Waals surface area contributed by atoms with Crippen LogP contribution in [0.3, 0.4) is 0 Å². The Labute approximate surface area is 120 Å². The minimum absolute atomic E-state index is 0.0793. The van der Waals surface area contributed by atoms with Crippen LogP contribution < -0.4 is 9.64 Å². The Morgan fingerprint density at radius 1 is 1.30 bits per heavy atom. The number of hydrogen-bond acceptors (Lipinski definition) is 6. The zero-order chi connectivity index (χ0) is 15.1. The van der Waals surface area contributed by atoms with Crippen LogP contribution in [0.2, 0.25) is 0 Å². The molecule has 6 heteroatoms. The Kier molecular flexibility index (Phi) is 6.21. The molecule has 0 aliphatic heterocycles. The lowest BCUT2D eigenvalue weighted by Gasteiger charge is -2.26. The van der Waals surface area contributed by atoms with E-state index >= 15 is 0 Å². The van der Waals surface area contributed by atoms with Crippen LogP contribution in [0.4, 0.5) is 5.95 Å². The summed E-state index contributed by atoms with van der Waals surface area (Å²) in [4.78, 5) is 22.2. The van der Waals surface area contributed by atoms with Gasteiger partial charge < -0.3 is 14.4 Å². The summed E-state index contributed by atoms with van der Waals surface area (Å²) in [7, 11) is 0. The van der Waals surface area contributed by atoms with Crippen molar-refractivity contribution < 1.29 is 14.3 Å². The molecule has 0 aliphatic carbocycles. The number of carbonyl (C=O) groups is 1. The Balaban J connectivity index is 2.99. The van der Waals surface area contributed by atoms with Gasteiger partial charge in [-0.25, -0.2) is 4.98 Å². The van der Waals surface area contributed by atoms with Crippen LogP contribution in [-0.4, -0.2) is 41.7 Å². The first-order valence-electron chi connectivity index (χ1n) is 6.88. The normalized spacial score (nSPS) is 10.5. The summed E-state index contributed by atoms with van der Waals surface area (Å²) in [6.07, 6.45) is 0. The number of hydrogen-bond donors (Lipinski definition) is 0. The maximum atomic E-state index is 11.7. The van der Waals surface area contributed by atoms with Gasteiger partial charge in [0.1, 0.15) is 6.54 Å². The van der Waals surface area contributed by atoms with Gasteiger partial charge in [-0.1, -0.05) is 0 Å². The molecule has 20 heavy (non-hydrogen) atoms. The molecular formula is C14H23N3O3. The van der Waals surface area contributed by atoms with Crippen LogP contribution in [0.15, 0.2) is 6.07 Å². The molecule has 0 radical (unpaired) electrons. The zero-order valence-corrected chi connectivity index (χ0v) is 12.8. The van der Waals surface area contributed by atoms with Gasteiger partial charge in [-0.15, -0.1) is 0 Å². The SMILES string of the molecule is CCOC(=O)CN(c1nc(C)cc(OCC)n1)C(C)C. The van der Waals surface area contributed by atoms with E-state index in [9.17, 15) is 4.79 Å². The standard InChI is InChI=1S/C14H23N3O3/c1-6-19-12-8-11(5)15-14(16-12)17(10(3)4)9-13(18)20-7-2/h8,10H,6-7,9H2,1-5H3. The Bertz CT molecular complexity index is 449. The second-order valence-corrected chi connectivity index (χ2v) is 4.61. The molecular weight excluding hydrogens is 258 g/mol. The molecule has 0 saturated heterocycles. The van der Waals surface area contributed by atoms with Crippen LogP contribution in [-0.2, 0) is 9.53 Å². The first-order chi connectivity index (χ1) is 9.47. The molecule has 0 spiro atoms. The summed E-state index contributed by atoms with van der Waals surface area (Å²) in [6, 6.07) is 1.85. The van der Waals surface area contributed by atoms with Crippen molar-refractivity contribution in [3.63, 3.8) is 0 Å². The third kappa shape index (κ3) is 4.68. The summed E-state index contributed by atoms with van der Waals surface area (Å²) in [6.45, 7) is 10.5. The van der Waals surface area contributed by atoms with E-state index in [1.54, 1.807) is 17.9 Å². The van der Waals surface area contributed by atoms with Gasteiger partial charge in [0.25, 0.3) is 0 Å². The number of carbonyl (C=O) groups excluding carboxylic acids is 1. The summed E-state index contributed by atoms with van der Waals surface area (Å²) in [5.74, 6) is 0.713. The fourth-order valence-corrected chi connectivity index (χ4v) is 1.70. The summed E-state index contributed by atoms with van der Waals surface area (Å²) in [5, 5.41) is 0. The minimum atomic E-state index is -0.288. The fourth-order valence-electron chi connectivity index (χ4n) is 1.70. The van der Waals surface area contributed by atoms with Crippen molar-refractivity contribution in [3.8, 4) is 5.88 Å². The molecule has 1 aromatic heterocycles. The molecule has 1 aromatic rings. The summed E-state index contributed by atoms with van der Waals surface area (Å²) in [5.41, 5.74) is 0.799. The molecule has 0 unspecified atom stereocenters. The second kappa shape index (κ2) is 7.67. The van der Waals surface area contributed by atoms with E-state index < -0.39 is 0 Å². The maximum Gasteiger partial charge on any atom is 0.325 e. The third-order valence-electron chi connectivity index (χ3n) is 2.60. The summed E-state index contributed by atoms with van der Waals surface area (Å²) < 4.78 is 10.4. The number of anilines is 1. The Hall–Kier alpha value is -1.85. The van der Waals surface area contributed by atoms with Crippen LogP contribution in [0.5, 0.6) is 5.88 Å². The quantitative estimate of drug-likeness (QED) is 0.712. The number of aryl methyl sites for hydroxylation is 1. The Morgan fingerprint density at radius 2 is 2.00 bits per heavy atom. The van der Waals surface area contributed by atoms with Gasteiger partial charge in [0.2, 0.25) is 11.8 Å². The predicted octanol–water partition coefficient (Wildman–Crippen LogP) is 1.96. The highest BCUT2D eigenvalue weighted by molar-refractivity contribution is 5.75. The topological polar surface area (TPSA) is 64.5 Å². The number of aromatic nitrogens is 2. The molecule has 0 amide bonds. The van der Waals surface area contributed by atoms with E-state index in [0.717, 1.165) is 5.69 Å². The predicted molar refractivity (Wildman–Crippen MR) is 77.1 cm³/mol.